The van der Waals surface area contributed by atoms with Gasteiger partial charge in [0.2, 0.25) is 0 Å². The standard InChI is InChI=1S/C43H70O19/c1-17(15-44)7-12-43(55)18(2)26-24(62-43)14-23-21-6-5-19-13-20(8-10-41(19,3)22(21)9-11-42(23,26)4)56-40-35(59-39-32(51)28(47)30(49)37(54)61-39)33(52)34(25(16-45)57-40)58-38-31(50)27(46)29(48)36(53)60-38/h5,17-18,20-40,44-55H,6-16H2,1-4H3. The first-order valence-corrected chi connectivity index (χ1v) is 22.6. The molecule has 0 amide bonds. The van der Waals surface area contributed by atoms with E-state index in [1.807, 2.05) is 6.92 Å². The number of ether oxygens (including phenoxy) is 7. The first kappa shape index (κ1) is 47.5. The number of hydrogen-bond acceptors (Lipinski definition) is 19. The molecular weight excluding hydrogens is 820 g/mol. The van der Waals surface area contributed by atoms with Gasteiger partial charge in [0.1, 0.15) is 61.0 Å². The Morgan fingerprint density at radius 2 is 1.37 bits per heavy atom. The van der Waals surface area contributed by atoms with Gasteiger partial charge >= 0.3 is 0 Å². The highest BCUT2D eigenvalue weighted by atomic mass is 16.8. The summed E-state index contributed by atoms with van der Waals surface area (Å²) in [6.07, 6.45) is -18.2. The molecule has 26 atom stereocenters. The lowest BCUT2D eigenvalue weighted by atomic mass is 9.47. The van der Waals surface area contributed by atoms with Gasteiger partial charge in [-0.25, -0.2) is 0 Å². The third-order valence-electron chi connectivity index (χ3n) is 16.9. The molecule has 8 rings (SSSR count). The fraction of sp³-hybridized carbons (Fsp3) is 0.953. The molecule has 0 spiro atoms. The molecule has 8 aliphatic rings. The quantitative estimate of drug-likeness (QED) is 0.100. The van der Waals surface area contributed by atoms with Crippen LogP contribution >= 0.6 is 0 Å². The summed E-state index contributed by atoms with van der Waals surface area (Å²) >= 11 is 0. The van der Waals surface area contributed by atoms with Gasteiger partial charge in [-0.1, -0.05) is 39.3 Å². The molecule has 0 aromatic carbocycles. The smallest absolute Gasteiger partial charge is 0.189 e. The second kappa shape index (κ2) is 17.9. The maximum absolute atomic E-state index is 11.9. The van der Waals surface area contributed by atoms with Gasteiger partial charge in [-0.05, 0) is 91.8 Å². The lowest BCUT2D eigenvalue weighted by Gasteiger charge is -2.58. The van der Waals surface area contributed by atoms with E-state index in [1.54, 1.807) is 0 Å². The van der Waals surface area contributed by atoms with E-state index in [1.165, 1.54) is 5.57 Å². The summed E-state index contributed by atoms with van der Waals surface area (Å²) in [4.78, 5) is 0. The molecule has 19 heteroatoms. The van der Waals surface area contributed by atoms with Gasteiger partial charge in [-0.3, -0.25) is 0 Å². The fourth-order valence-corrected chi connectivity index (χ4v) is 13.1. The van der Waals surface area contributed by atoms with Crippen molar-refractivity contribution in [2.24, 2.45) is 46.3 Å². The summed E-state index contributed by atoms with van der Waals surface area (Å²) in [5.41, 5.74) is 1.14. The number of fused-ring (bicyclic) bond motifs is 7. The van der Waals surface area contributed by atoms with Crippen molar-refractivity contribution in [2.45, 2.75) is 196 Å². The zero-order valence-corrected chi connectivity index (χ0v) is 35.9. The minimum Gasteiger partial charge on any atom is -0.396 e. The zero-order chi connectivity index (χ0) is 44.8. The maximum atomic E-state index is 11.9. The highest BCUT2D eigenvalue weighted by molar-refractivity contribution is 5.26. The average molecular weight is 891 g/mol. The maximum Gasteiger partial charge on any atom is 0.189 e. The Morgan fingerprint density at radius 1 is 0.742 bits per heavy atom. The molecule has 4 heterocycles. The molecule has 7 fully saturated rings. The Hall–Kier alpha value is -1.02. The van der Waals surface area contributed by atoms with Crippen LogP contribution < -0.4 is 0 Å². The third-order valence-corrected chi connectivity index (χ3v) is 16.9. The highest BCUT2D eigenvalue weighted by Gasteiger charge is 2.68. The van der Waals surface area contributed by atoms with E-state index in [4.69, 9.17) is 33.2 Å². The molecule has 4 saturated heterocycles. The van der Waals surface area contributed by atoms with E-state index in [2.05, 4.69) is 26.8 Å². The van der Waals surface area contributed by atoms with Crippen LogP contribution in [0.5, 0.6) is 0 Å². The van der Waals surface area contributed by atoms with Gasteiger partial charge in [0.05, 0.1) is 18.8 Å². The van der Waals surface area contributed by atoms with Crippen LogP contribution in [-0.2, 0) is 33.2 Å². The van der Waals surface area contributed by atoms with E-state index < -0.39 is 111 Å². The van der Waals surface area contributed by atoms with Crippen molar-refractivity contribution >= 4 is 0 Å². The third kappa shape index (κ3) is 8.05. The highest BCUT2D eigenvalue weighted by Crippen LogP contribution is 2.70. The summed E-state index contributed by atoms with van der Waals surface area (Å²) in [6.45, 7) is 8.17. The van der Waals surface area contributed by atoms with Crippen LogP contribution in [0.15, 0.2) is 11.6 Å². The minimum atomic E-state index is -1.98. The molecule has 3 saturated carbocycles. The Bertz CT molecular complexity index is 1590. The van der Waals surface area contributed by atoms with Crippen molar-refractivity contribution in [2.75, 3.05) is 13.2 Å². The average Bonchev–Trinajstić information content (AvgIpc) is 3.68. The van der Waals surface area contributed by atoms with E-state index >= 15 is 0 Å². The SMILES string of the molecule is CC(CO)CCC1(O)OC2CC3C4CC=C5CC(OC6OC(CO)C(OC7OC(O)C(O)C(O)C7O)C(O)C6OC6OC(O)C(O)C(O)C6O)CCC5(C)C4CCC3(C)C2C1C. The second-order valence-electron chi connectivity index (χ2n) is 20.3. The summed E-state index contributed by atoms with van der Waals surface area (Å²) in [5.74, 6) is 0.378. The molecule has 19 nitrogen and oxygen atoms in total. The van der Waals surface area contributed by atoms with E-state index in [9.17, 15) is 61.3 Å². The number of rotatable bonds is 11. The van der Waals surface area contributed by atoms with Crippen LogP contribution in [0.2, 0.25) is 0 Å². The first-order valence-electron chi connectivity index (χ1n) is 22.6. The molecule has 0 bridgehead atoms. The van der Waals surface area contributed by atoms with Gasteiger partial charge in [-0.2, -0.15) is 0 Å². The number of aliphatic hydroxyl groups excluding tert-OH is 11. The van der Waals surface area contributed by atoms with E-state index in [0.29, 0.717) is 43.4 Å². The van der Waals surface area contributed by atoms with Crippen LogP contribution in [0.4, 0.5) is 0 Å². The number of hydrogen-bond donors (Lipinski definition) is 12. The predicted molar refractivity (Wildman–Crippen MR) is 209 cm³/mol. The summed E-state index contributed by atoms with van der Waals surface area (Å²) < 4.78 is 41.5. The van der Waals surface area contributed by atoms with Crippen LogP contribution in [0.25, 0.3) is 0 Å². The minimum absolute atomic E-state index is 0.0151. The van der Waals surface area contributed by atoms with Gasteiger partial charge in [0.25, 0.3) is 0 Å². The van der Waals surface area contributed by atoms with Gasteiger partial charge in [-0.15, -0.1) is 0 Å². The molecule has 356 valence electrons. The molecule has 62 heavy (non-hydrogen) atoms. The largest absolute Gasteiger partial charge is 0.396 e. The predicted octanol–water partition coefficient (Wildman–Crippen LogP) is -1.94. The number of allylic oxidation sites excluding steroid dienone is 1. The molecule has 0 radical (unpaired) electrons. The molecule has 0 aromatic rings. The van der Waals surface area contributed by atoms with E-state index in [-0.39, 0.29) is 41.3 Å². The zero-order valence-electron chi connectivity index (χ0n) is 35.9. The Labute approximate surface area is 361 Å². The van der Waals surface area contributed by atoms with Crippen molar-refractivity contribution in [1.82, 2.24) is 0 Å². The first-order chi connectivity index (χ1) is 29.3. The molecule has 0 aromatic heterocycles. The Morgan fingerprint density at radius 3 is 1.98 bits per heavy atom. The van der Waals surface area contributed by atoms with Crippen LogP contribution in [-0.4, -0.2) is 185 Å². The van der Waals surface area contributed by atoms with E-state index in [0.717, 1.165) is 32.1 Å². The van der Waals surface area contributed by atoms with Gasteiger partial charge < -0.3 is 94.4 Å². The van der Waals surface area contributed by atoms with Crippen LogP contribution in [0, 0.1) is 46.3 Å². The lowest BCUT2D eigenvalue weighted by Crippen LogP contribution is -2.67. The van der Waals surface area contributed by atoms with Crippen molar-refractivity contribution in [3.05, 3.63) is 11.6 Å². The molecule has 12 N–H and O–H groups in total. The summed E-state index contributed by atoms with van der Waals surface area (Å²) in [5, 5.41) is 126. The second-order valence-corrected chi connectivity index (χ2v) is 20.3. The van der Waals surface area contributed by atoms with Crippen molar-refractivity contribution < 1.29 is 94.4 Å². The molecule has 4 aliphatic heterocycles. The topological polar surface area (TPSA) is 307 Å². The van der Waals surface area contributed by atoms with Crippen LogP contribution in [0.3, 0.4) is 0 Å². The molecule has 26 unspecified atom stereocenters. The summed E-state index contributed by atoms with van der Waals surface area (Å²) in [7, 11) is 0. The molecular formula is C43H70O19. The Kier molecular flexibility index (Phi) is 13.7. The lowest BCUT2D eigenvalue weighted by molar-refractivity contribution is -0.405. The van der Waals surface area contributed by atoms with Crippen molar-refractivity contribution in [1.29, 1.82) is 0 Å². The monoisotopic (exact) mass is 890 g/mol. The fourth-order valence-electron chi connectivity index (χ4n) is 13.1. The van der Waals surface area contributed by atoms with Gasteiger partial charge in [0, 0.05) is 18.9 Å². The summed E-state index contributed by atoms with van der Waals surface area (Å²) in [6, 6.07) is 0. The number of aliphatic hydroxyl groups is 12. The molecule has 4 aliphatic carbocycles. The van der Waals surface area contributed by atoms with Crippen LogP contribution in [0.1, 0.15) is 85.5 Å². The van der Waals surface area contributed by atoms with Gasteiger partial charge in [0.15, 0.2) is 37.2 Å². The normalized spacial score (nSPS) is 55.7. The van der Waals surface area contributed by atoms with Crippen molar-refractivity contribution in [3.63, 3.8) is 0 Å². The van der Waals surface area contributed by atoms with Crippen molar-refractivity contribution in [3.8, 4) is 0 Å². The Balaban J connectivity index is 0.982.